The lowest BCUT2D eigenvalue weighted by Crippen LogP contribution is -2.65. The number of methoxy groups -OCH3 is 1. The van der Waals surface area contributed by atoms with Gasteiger partial charge in [-0.05, 0) is 43.7 Å². The molecule has 0 bridgehead atoms. The summed E-state index contributed by atoms with van der Waals surface area (Å²) in [6.45, 7) is 7.76. The molecule has 7 heteroatoms. The Bertz CT molecular complexity index is 971. The minimum Gasteiger partial charge on any atom is -0.385 e. The number of imidazole rings is 1. The van der Waals surface area contributed by atoms with Crippen molar-refractivity contribution in [3.8, 4) is 0 Å². The van der Waals surface area contributed by atoms with Gasteiger partial charge in [-0.15, -0.1) is 0 Å². The zero-order valence-corrected chi connectivity index (χ0v) is 19.1. The average molecular weight is 427 g/mol. The van der Waals surface area contributed by atoms with Crippen LogP contribution in [0.1, 0.15) is 57.1 Å². The van der Waals surface area contributed by atoms with Crippen molar-refractivity contribution in [3.05, 3.63) is 30.1 Å². The van der Waals surface area contributed by atoms with Crippen molar-refractivity contribution in [1.82, 2.24) is 19.8 Å². The normalized spacial score (nSPS) is 28.6. The molecular weight excluding hydrogens is 392 g/mol. The van der Waals surface area contributed by atoms with E-state index in [0.29, 0.717) is 43.8 Å². The van der Waals surface area contributed by atoms with E-state index in [-0.39, 0.29) is 17.9 Å². The van der Waals surface area contributed by atoms with E-state index in [2.05, 4.69) is 24.1 Å². The standard InChI is InChI=1S/C24H34N4O3/c1-16-9-7-11-18(17(16)2)26-23(30)24(3)15-27-20-12-6-5-10-19(20)25-21(27)22(29)28(24)13-8-14-31-4/h5-6,10,12,16-18H,7-9,11,13-15H2,1-4H3,(H,26,30)/t16-,17-,18-,24-/m1/s1. The molecule has 4 rings (SSSR count). The topological polar surface area (TPSA) is 76.5 Å². The van der Waals surface area contributed by atoms with Crippen molar-refractivity contribution in [1.29, 1.82) is 0 Å². The molecule has 1 N–H and O–H groups in total. The molecule has 1 aromatic heterocycles. The number of para-hydroxylation sites is 2. The predicted molar refractivity (Wildman–Crippen MR) is 120 cm³/mol. The Morgan fingerprint density at radius 3 is 2.84 bits per heavy atom. The molecule has 0 unspecified atom stereocenters. The van der Waals surface area contributed by atoms with Gasteiger partial charge in [-0.25, -0.2) is 4.98 Å². The molecule has 2 heterocycles. The summed E-state index contributed by atoms with van der Waals surface area (Å²) >= 11 is 0. The van der Waals surface area contributed by atoms with Gasteiger partial charge in [-0.1, -0.05) is 38.8 Å². The molecule has 2 amide bonds. The second-order valence-corrected chi connectivity index (χ2v) is 9.43. The number of amides is 2. The summed E-state index contributed by atoms with van der Waals surface area (Å²) < 4.78 is 7.12. The van der Waals surface area contributed by atoms with Crippen molar-refractivity contribution in [2.45, 2.75) is 64.6 Å². The molecule has 2 aromatic rings. The van der Waals surface area contributed by atoms with Crippen LogP contribution in [0.5, 0.6) is 0 Å². The van der Waals surface area contributed by atoms with E-state index in [0.717, 1.165) is 23.9 Å². The largest absolute Gasteiger partial charge is 0.385 e. The second-order valence-electron chi connectivity index (χ2n) is 9.43. The molecule has 0 saturated heterocycles. The quantitative estimate of drug-likeness (QED) is 0.720. The summed E-state index contributed by atoms with van der Waals surface area (Å²) in [4.78, 5) is 33.5. The highest BCUT2D eigenvalue weighted by Gasteiger charge is 2.49. The Hall–Kier alpha value is -2.41. The van der Waals surface area contributed by atoms with Crippen molar-refractivity contribution >= 4 is 22.8 Å². The molecule has 1 fully saturated rings. The Balaban J connectivity index is 1.68. The molecule has 1 aliphatic heterocycles. The first-order chi connectivity index (χ1) is 14.9. The number of hydrogen-bond donors (Lipinski definition) is 1. The van der Waals surface area contributed by atoms with Crippen LogP contribution in [-0.4, -0.2) is 58.1 Å². The number of ether oxygens (including phenoxy) is 1. The lowest BCUT2D eigenvalue weighted by Gasteiger charge is -2.45. The van der Waals surface area contributed by atoms with Crippen LogP contribution < -0.4 is 5.32 Å². The number of benzene rings is 1. The third-order valence-corrected chi connectivity index (χ3v) is 7.40. The number of carbonyl (C=O) groups excluding carboxylic acids is 2. The second kappa shape index (κ2) is 8.61. The van der Waals surface area contributed by atoms with Gasteiger partial charge < -0.3 is 19.5 Å². The molecule has 0 spiro atoms. The molecule has 1 aliphatic carbocycles. The van der Waals surface area contributed by atoms with Gasteiger partial charge in [0.05, 0.1) is 17.6 Å². The van der Waals surface area contributed by atoms with E-state index >= 15 is 0 Å². The van der Waals surface area contributed by atoms with Crippen molar-refractivity contribution in [2.24, 2.45) is 11.8 Å². The lowest BCUT2D eigenvalue weighted by atomic mass is 9.77. The minimum absolute atomic E-state index is 0.0763. The summed E-state index contributed by atoms with van der Waals surface area (Å²) in [6.07, 6.45) is 3.99. The van der Waals surface area contributed by atoms with Crippen LogP contribution >= 0.6 is 0 Å². The maximum Gasteiger partial charge on any atom is 0.290 e. The van der Waals surface area contributed by atoms with Crippen LogP contribution in [0.3, 0.4) is 0 Å². The fraction of sp³-hybridized carbons (Fsp3) is 0.625. The highest BCUT2D eigenvalue weighted by molar-refractivity contribution is 6.01. The molecule has 1 saturated carbocycles. The van der Waals surface area contributed by atoms with Gasteiger partial charge in [-0.3, -0.25) is 9.59 Å². The van der Waals surface area contributed by atoms with Crippen molar-refractivity contribution in [3.63, 3.8) is 0 Å². The number of carbonyl (C=O) groups is 2. The highest BCUT2D eigenvalue weighted by atomic mass is 16.5. The van der Waals surface area contributed by atoms with E-state index in [9.17, 15) is 9.59 Å². The van der Waals surface area contributed by atoms with Crippen LogP contribution in [0.2, 0.25) is 0 Å². The smallest absolute Gasteiger partial charge is 0.290 e. The van der Waals surface area contributed by atoms with Gasteiger partial charge in [0.15, 0.2) is 5.82 Å². The number of hydrogen-bond acceptors (Lipinski definition) is 4. The van der Waals surface area contributed by atoms with Crippen LogP contribution in [0.15, 0.2) is 24.3 Å². The molecule has 31 heavy (non-hydrogen) atoms. The maximum atomic E-state index is 13.7. The number of aromatic nitrogens is 2. The summed E-state index contributed by atoms with van der Waals surface area (Å²) in [5.74, 6) is 1.14. The van der Waals surface area contributed by atoms with Crippen molar-refractivity contribution in [2.75, 3.05) is 20.3 Å². The van der Waals surface area contributed by atoms with Crippen LogP contribution in [0.4, 0.5) is 0 Å². The van der Waals surface area contributed by atoms with Crippen LogP contribution in [0.25, 0.3) is 11.0 Å². The zero-order valence-electron chi connectivity index (χ0n) is 19.1. The van der Waals surface area contributed by atoms with Gasteiger partial charge in [0.1, 0.15) is 5.54 Å². The predicted octanol–water partition coefficient (Wildman–Crippen LogP) is 3.23. The molecular formula is C24H34N4O3. The summed E-state index contributed by atoms with van der Waals surface area (Å²) in [5.41, 5.74) is 0.685. The van der Waals surface area contributed by atoms with Crippen LogP contribution in [-0.2, 0) is 16.1 Å². The number of rotatable bonds is 6. The Kier molecular flexibility index (Phi) is 6.06. The van der Waals surface area contributed by atoms with Gasteiger partial charge in [0.25, 0.3) is 5.91 Å². The highest BCUT2D eigenvalue weighted by Crippen LogP contribution is 2.33. The molecule has 4 atom stereocenters. The summed E-state index contributed by atoms with van der Waals surface area (Å²) in [6, 6.07) is 7.87. The lowest BCUT2D eigenvalue weighted by molar-refractivity contribution is -0.134. The molecule has 168 valence electrons. The first kappa shape index (κ1) is 21.8. The summed E-state index contributed by atoms with van der Waals surface area (Å²) in [7, 11) is 1.65. The maximum absolute atomic E-state index is 13.7. The molecule has 1 aromatic carbocycles. The third kappa shape index (κ3) is 3.84. The van der Waals surface area contributed by atoms with E-state index in [1.54, 1.807) is 12.0 Å². The average Bonchev–Trinajstić information content (AvgIpc) is 3.12. The Labute approximate surface area is 184 Å². The first-order valence-corrected chi connectivity index (χ1v) is 11.4. The van der Waals surface area contributed by atoms with Crippen molar-refractivity contribution < 1.29 is 14.3 Å². The van der Waals surface area contributed by atoms with E-state index < -0.39 is 5.54 Å². The zero-order chi connectivity index (χ0) is 22.2. The molecule has 2 aliphatic rings. The summed E-state index contributed by atoms with van der Waals surface area (Å²) in [5, 5.41) is 3.32. The number of nitrogens with one attached hydrogen (secondary N) is 1. The number of nitrogens with zero attached hydrogens (tertiary/aromatic N) is 3. The third-order valence-electron chi connectivity index (χ3n) is 7.40. The fourth-order valence-corrected chi connectivity index (χ4v) is 5.16. The molecule has 7 nitrogen and oxygen atoms in total. The Morgan fingerprint density at radius 1 is 1.29 bits per heavy atom. The monoisotopic (exact) mass is 426 g/mol. The van der Waals surface area contributed by atoms with E-state index in [4.69, 9.17) is 4.74 Å². The first-order valence-electron chi connectivity index (χ1n) is 11.4. The van der Waals surface area contributed by atoms with Gasteiger partial charge in [0.2, 0.25) is 5.91 Å². The SMILES string of the molecule is COCCCN1C(=O)c2nc3ccccc3n2C[C@]1(C)C(=O)N[C@@H]1CCC[C@@H](C)[C@H]1C. The number of fused-ring (bicyclic) bond motifs is 3. The fourth-order valence-electron chi connectivity index (χ4n) is 5.16. The minimum atomic E-state index is -0.984. The van der Waals surface area contributed by atoms with Gasteiger partial charge in [-0.2, -0.15) is 0 Å². The Morgan fingerprint density at radius 2 is 2.06 bits per heavy atom. The van der Waals surface area contributed by atoms with E-state index in [1.807, 2.05) is 35.8 Å². The van der Waals surface area contributed by atoms with E-state index in [1.165, 1.54) is 6.42 Å². The van der Waals surface area contributed by atoms with Gasteiger partial charge >= 0.3 is 0 Å². The molecule has 0 radical (unpaired) electrons. The van der Waals surface area contributed by atoms with Gasteiger partial charge in [0, 0.05) is 26.3 Å². The van der Waals surface area contributed by atoms with Crippen LogP contribution in [0, 0.1) is 11.8 Å².